The second kappa shape index (κ2) is 17.9. The summed E-state index contributed by atoms with van der Waals surface area (Å²) in [5, 5.41) is 0. The molecule has 0 amide bonds. The first-order valence-corrected chi connectivity index (χ1v) is 19.6. The number of aromatic nitrogens is 4. The van der Waals surface area contributed by atoms with Crippen molar-refractivity contribution in [2.45, 2.75) is 63.6 Å². The summed E-state index contributed by atoms with van der Waals surface area (Å²) < 4.78 is 58.9. The number of anilines is 1. The largest absolute Gasteiger partial charge is 0.509 e. The lowest BCUT2D eigenvalue weighted by Crippen LogP contribution is -2.41. The molecule has 56 heavy (non-hydrogen) atoms. The number of rotatable bonds is 14. The zero-order valence-corrected chi connectivity index (χ0v) is 31.1. The zero-order valence-electron chi connectivity index (χ0n) is 30.2. The number of piperidine rings is 1. The fraction of sp³-hybridized carbons (Fsp3) is 0.342. The molecular weight excluding hydrogens is 747 g/mol. The van der Waals surface area contributed by atoms with Gasteiger partial charge in [-0.25, -0.2) is 23.8 Å². The second-order valence-corrected chi connectivity index (χ2v) is 15.1. The van der Waals surface area contributed by atoms with Crippen molar-refractivity contribution < 1.29 is 46.9 Å². The highest BCUT2D eigenvalue weighted by Crippen LogP contribution is 2.54. The first kappa shape index (κ1) is 38.7. The normalized spacial score (nSPS) is 20.9. The quantitative estimate of drug-likeness (QED) is 0.0996. The van der Waals surface area contributed by atoms with E-state index < -0.39 is 56.8 Å². The van der Waals surface area contributed by atoms with Crippen LogP contribution in [-0.2, 0) is 57.1 Å². The minimum Gasteiger partial charge on any atom is -0.429 e. The standard InChI is InChI=1S/C38H41N6O11P/c39-36-41-33-30(34(45)42-36)40-25-44(33)35-32(55-38(47)50-22-27-15-7-2-8-16-27)31(54-37(46)49-21-26-13-5-1-6-14-26)29(53-35)24-52-56(48,43-19-11-4-12-20-43)51-23-28-17-9-3-10-18-28/h1-3,5-10,13-18,25,29,31-32,35H,4,11-12,19-24H2,(H3,39,41,42,45)/t29-,31-,32-,35-,56?/m1/s1. The summed E-state index contributed by atoms with van der Waals surface area (Å²) >= 11 is 0. The number of carbonyl (C=O) groups excluding carboxylic acids is 2. The highest BCUT2D eigenvalue weighted by atomic mass is 31.2. The molecule has 2 aliphatic heterocycles. The summed E-state index contributed by atoms with van der Waals surface area (Å²) in [5.74, 6) is -0.211. The van der Waals surface area contributed by atoms with Gasteiger partial charge in [0.1, 0.15) is 19.3 Å². The van der Waals surface area contributed by atoms with Crippen LogP contribution in [0.3, 0.4) is 0 Å². The molecule has 2 aliphatic rings. The van der Waals surface area contributed by atoms with Crippen LogP contribution < -0.4 is 11.3 Å². The van der Waals surface area contributed by atoms with Gasteiger partial charge in [-0.1, -0.05) is 97.4 Å². The van der Waals surface area contributed by atoms with E-state index in [-0.39, 0.29) is 36.9 Å². The molecule has 0 bridgehead atoms. The molecule has 1 unspecified atom stereocenters. The van der Waals surface area contributed by atoms with Crippen LogP contribution in [0.15, 0.2) is 102 Å². The molecule has 0 radical (unpaired) electrons. The highest BCUT2D eigenvalue weighted by Gasteiger charge is 2.53. The van der Waals surface area contributed by atoms with E-state index in [1.54, 1.807) is 53.2 Å². The van der Waals surface area contributed by atoms with Crippen LogP contribution >= 0.6 is 7.75 Å². The molecule has 0 saturated carbocycles. The molecular formula is C38H41N6O11P. The number of hydrogen-bond donors (Lipinski definition) is 2. The van der Waals surface area contributed by atoms with Gasteiger partial charge in [0, 0.05) is 13.1 Å². The van der Waals surface area contributed by atoms with Crippen molar-refractivity contribution in [1.82, 2.24) is 24.2 Å². The van der Waals surface area contributed by atoms with E-state index in [0.717, 1.165) is 24.8 Å². The van der Waals surface area contributed by atoms with Crippen LogP contribution in [-0.4, -0.2) is 74.5 Å². The minimum atomic E-state index is -3.99. The van der Waals surface area contributed by atoms with Gasteiger partial charge in [-0.05, 0) is 29.5 Å². The van der Waals surface area contributed by atoms with Gasteiger partial charge in [0.2, 0.25) is 5.95 Å². The molecule has 17 nitrogen and oxygen atoms in total. The third kappa shape index (κ3) is 9.44. The average Bonchev–Trinajstić information content (AvgIpc) is 3.80. The maximum Gasteiger partial charge on any atom is 0.509 e. The molecule has 5 aromatic rings. The number of aromatic amines is 1. The van der Waals surface area contributed by atoms with Gasteiger partial charge >= 0.3 is 20.1 Å². The van der Waals surface area contributed by atoms with E-state index in [1.807, 2.05) is 42.5 Å². The van der Waals surface area contributed by atoms with E-state index in [9.17, 15) is 18.9 Å². The summed E-state index contributed by atoms with van der Waals surface area (Å²) in [6.07, 6.45) is -4.00. The first-order valence-electron chi connectivity index (χ1n) is 18.1. The third-order valence-corrected chi connectivity index (χ3v) is 11.2. The van der Waals surface area contributed by atoms with Crippen LogP contribution in [0, 0.1) is 0 Å². The van der Waals surface area contributed by atoms with Crippen LogP contribution in [0.1, 0.15) is 42.2 Å². The molecule has 3 N–H and O–H groups in total. The maximum absolute atomic E-state index is 14.6. The smallest absolute Gasteiger partial charge is 0.429 e. The Morgan fingerprint density at radius 2 is 1.34 bits per heavy atom. The van der Waals surface area contributed by atoms with Gasteiger partial charge in [0.05, 0.1) is 19.5 Å². The number of nitrogen functional groups attached to an aromatic ring is 1. The predicted octanol–water partition coefficient (Wildman–Crippen LogP) is 5.87. The Hall–Kier alpha value is -5.58. The molecule has 2 saturated heterocycles. The number of H-pyrrole nitrogens is 1. The van der Waals surface area contributed by atoms with E-state index in [0.29, 0.717) is 24.2 Å². The van der Waals surface area contributed by atoms with Crippen molar-refractivity contribution in [3.05, 3.63) is 124 Å². The number of nitrogens with zero attached hydrogens (tertiary/aromatic N) is 4. The molecule has 2 aromatic heterocycles. The number of ether oxygens (including phenoxy) is 5. The van der Waals surface area contributed by atoms with Crippen LogP contribution in [0.4, 0.5) is 15.5 Å². The Morgan fingerprint density at radius 1 is 0.786 bits per heavy atom. The van der Waals surface area contributed by atoms with Crippen LogP contribution in [0.2, 0.25) is 0 Å². The molecule has 18 heteroatoms. The first-order chi connectivity index (χ1) is 27.3. The van der Waals surface area contributed by atoms with Gasteiger partial charge in [-0.2, -0.15) is 4.98 Å². The Morgan fingerprint density at radius 3 is 1.93 bits per heavy atom. The lowest BCUT2D eigenvalue weighted by molar-refractivity contribution is -0.0653. The SMILES string of the molecule is Nc1nc2c(ncn2[C@@H]2O[C@H](COP(=O)(OCc3ccccc3)N3CCCCC3)[C@@H](OC(=O)OCc3ccccc3)[C@H]2OC(=O)OCc2ccccc2)c(=O)[nH]1. The summed E-state index contributed by atoms with van der Waals surface area (Å²) in [5.41, 5.74) is 7.33. The van der Waals surface area contributed by atoms with Crippen molar-refractivity contribution in [3.8, 4) is 0 Å². The fourth-order valence-corrected chi connectivity index (χ4v) is 8.23. The molecule has 2 fully saturated rings. The topological polar surface area (TPSA) is 209 Å². The lowest BCUT2D eigenvalue weighted by atomic mass is 10.1. The second-order valence-electron chi connectivity index (χ2n) is 13.1. The number of fused-ring (bicyclic) bond motifs is 1. The predicted molar refractivity (Wildman–Crippen MR) is 200 cm³/mol. The van der Waals surface area contributed by atoms with Crippen molar-refractivity contribution in [2.75, 3.05) is 25.4 Å². The molecule has 7 rings (SSSR count). The number of hydrogen-bond acceptors (Lipinski definition) is 14. The Kier molecular flexibility index (Phi) is 12.4. The molecule has 294 valence electrons. The van der Waals surface area contributed by atoms with Crippen molar-refractivity contribution in [3.63, 3.8) is 0 Å². The highest BCUT2D eigenvalue weighted by molar-refractivity contribution is 7.51. The van der Waals surface area contributed by atoms with Gasteiger partial charge in [-0.3, -0.25) is 23.4 Å². The number of benzene rings is 3. The monoisotopic (exact) mass is 788 g/mol. The average molecular weight is 789 g/mol. The summed E-state index contributed by atoms with van der Waals surface area (Å²) in [6.45, 7) is 0.210. The Balaban J connectivity index is 1.20. The third-order valence-electron chi connectivity index (χ3n) is 9.19. The van der Waals surface area contributed by atoms with Gasteiger partial charge in [-0.15, -0.1) is 0 Å². The van der Waals surface area contributed by atoms with Gasteiger partial charge in [0.25, 0.3) is 5.56 Å². The van der Waals surface area contributed by atoms with E-state index >= 15 is 0 Å². The zero-order chi connectivity index (χ0) is 38.9. The van der Waals surface area contributed by atoms with E-state index in [4.69, 9.17) is 38.5 Å². The molecule has 4 heterocycles. The van der Waals surface area contributed by atoms with E-state index in [2.05, 4.69) is 15.0 Å². The number of imidazole rings is 1. The van der Waals surface area contributed by atoms with Crippen molar-refractivity contribution in [1.29, 1.82) is 0 Å². The minimum absolute atomic E-state index is 0.00381. The van der Waals surface area contributed by atoms with Gasteiger partial charge in [0.15, 0.2) is 29.6 Å². The van der Waals surface area contributed by atoms with Gasteiger partial charge < -0.3 is 29.4 Å². The Bertz CT molecular complexity index is 2180. The molecule has 5 atom stereocenters. The van der Waals surface area contributed by atoms with Crippen LogP contribution in [0.5, 0.6) is 0 Å². The number of nitrogens with two attached hydrogens (primary N) is 1. The molecule has 3 aromatic carbocycles. The maximum atomic E-state index is 14.6. The van der Waals surface area contributed by atoms with Crippen molar-refractivity contribution in [2.24, 2.45) is 0 Å². The fourth-order valence-electron chi connectivity index (χ4n) is 6.41. The number of nitrogens with one attached hydrogen (secondary N) is 1. The van der Waals surface area contributed by atoms with Crippen LogP contribution in [0.25, 0.3) is 11.2 Å². The molecule has 0 spiro atoms. The van der Waals surface area contributed by atoms with Crippen molar-refractivity contribution >= 4 is 37.2 Å². The van der Waals surface area contributed by atoms with E-state index in [1.165, 1.54) is 10.9 Å². The Labute approximate surface area is 321 Å². The summed E-state index contributed by atoms with van der Waals surface area (Å²) in [4.78, 5) is 50.3. The summed E-state index contributed by atoms with van der Waals surface area (Å²) in [7, 11) is -3.99. The lowest BCUT2D eigenvalue weighted by Gasteiger charge is -2.33. The number of carbonyl (C=O) groups is 2. The summed E-state index contributed by atoms with van der Waals surface area (Å²) in [6, 6.07) is 27.1. The molecule has 0 aliphatic carbocycles.